The fraction of sp³-hybridized carbons (Fsp3) is 0.579. The van der Waals surface area contributed by atoms with Gasteiger partial charge in [-0.2, -0.15) is 11.8 Å². The number of anilines is 1. The lowest BCUT2D eigenvalue weighted by atomic mass is 10.1. The van der Waals surface area contributed by atoms with E-state index in [1.165, 1.54) is 6.07 Å². The normalized spacial score (nSPS) is 22.6. The van der Waals surface area contributed by atoms with E-state index in [9.17, 15) is 18.0 Å². The SMILES string of the molecule is O=c1[nH]c(CSC2CCNCC2)nc2cc(NC3CCC(F)(F)C3)cc(F)c12. The van der Waals surface area contributed by atoms with Gasteiger partial charge < -0.3 is 15.6 Å². The summed E-state index contributed by atoms with van der Waals surface area (Å²) in [6.45, 7) is 1.97. The summed E-state index contributed by atoms with van der Waals surface area (Å²) in [5.41, 5.74) is 0.113. The van der Waals surface area contributed by atoms with Crippen molar-refractivity contribution in [2.45, 2.75) is 55.1 Å². The molecule has 5 nitrogen and oxygen atoms in total. The number of halogens is 3. The minimum atomic E-state index is -2.68. The van der Waals surface area contributed by atoms with Crippen LogP contribution in [-0.2, 0) is 5.75 Å². The Labute approximate surface area is 164 Å². The van der Waals surface area contributed by atoms with Crippen molar-refractivity contribution >= 4 is 28.4 Å². The van der Waals surface area contributed by atoms with Gasteiger partial charge in [0.05, 0.1) is 11.3 Å². The Morgan fingerprint density at radius 1 is 1.25 bits per heavy atom. The summed E-state index contributed by atoms with van der Waals surface area (Å²) < 4.78 is 41.3. The number of nitrogens with zero attached hydrogens (tertiary/aromatic N) is 1. The number of alkyl halides is 2. The first-order valence-electron chi connectivity index (χ1n) is 9.59. The number of thioether (sulfide) groups is 1. The van der Waals surface area contributed by atoms with Crippen molar-refractivity contribution in [1.82, 2.24) is 15.3 Å². The van der Waals surface area contributed by atoms with Crippen LogP contribution in [-0.4, -0.2) is 40.3 Å². The lowest BCUT2D eigenvalue weighted by Crippen LogP contribution is -2.29. The van der Waals surface area contributed by atoms with Crippen molar-refractivity contribution < 1.29 is 13.2 Å². The van der Waals surface area contributed by atoms with Gasteiger partial charge in [-0.15, -0.1) is 0 Å². The molecule has 1 aliphatic carbocycles. The third-order valence-corrected chi connectivity index (χ3v) is 6.71. The van der Waals surface area contributed by atoms with Crippen molar-refractivity contribution in [3.63, 3.8) is 0 Å². The van der Waals surface area contributed by atoms with E-state index in [1.54, 1.807) is 17.8 Å². The molecule has 1 aromatic heterocycles. The molecule has 0 amide bonds. The zero-order chi connectivity index (χ0) is 19.7. The van der Waals surface area contributed by atoms with Gasteiger partial charge in [0.2, 0.25) is 5.92 Å². The highest BCUT2D eigenvalue weighted by Crippen LogP contribution is 2.36. The molecule has 2 heterocycles. The van der Waals surface area contributed by atoms with Crippen LogP contribution in [0, 0.1) is 5.82 Å². The maximum Gasteiger partial charge on any atom is 0.261 e. The average Bonchev–Trinajstić information content (AvgIpc) is 2.98. The first-order chi connectivity index (χ1) is 13.4. The Balaban J connectivity index is 1.54. The minimum absolute atomic E-state index is 0.0991. The Bertz CT molecular complexity index is 914. The van der Waals surface area contributed by atoms with Gasteiger partial charge >= 0.3 is 0 Å². The predicted molar refractivity (Wildman–Crippen MR) is 106 cm³/mol. The first kappa shape index (κ1) is 19.6. The summed E-state index contributed by atoms with van der Waals surface area (Å²) in [5, 5.41) is 6.69. The van der Waals surface area contributed by atoms with Crippen LogP contribution in [0.5, 0.6) is 0 Å². The Morgan fingerprint density at radius 3 is 2.75 bits per heavy atom. The Hall–Kier alpha value is -1.74. The second kappa shape index (κ2) is 7.94. The lowest BCUT2D eigenvalue weighted by Gasteiger charge is -2.21. The first-order valence-corrected chi connectivity index (χ1v) is 10.6. The number of hydrogen-bond acceptors (Lipinski definition) is 5. The number of rotatable bonds is 5. The molecule has 0 spiro atoms. The molecular formula is C19H23F3N4OS. The zero-order valence-corrected chi connectivity index (χ0v) is 16.2. The molecule has 3 N–H and O–H groups in total. The van der Waals surface area contributed by atoms with Crippen LogP contribution < -0.4 is 16.2 Å². The Morgan fingerprint density at radius 2 is 2.04 bits per heavy atom. The molecule has 1 aliphatic heterocycles. The van der Waals surface area contributed by atoms with Gasteiger partial charge in [-0.1, -0.05) is 0 Å². The number of piperidine rings is 1. The second-order valence-electron chi connectivity index (χ2n) is 7.57. The van der Waals surface area contributed by atoms with Crippen LogP contribution in [0.1, 0.15) is 37.9 Å². The van der Waals surface area contributed by atoms with E-state index in [1.807, 2.05) is 0 Å². The summed E-state index contributed by atoms with van der Waals surface area (Å²) >= 11 is 1.74. The van der Waals surface area contributed by atoms with E-state index < -0.39 is 23.3 Å². The number of aromatic amines is 1. The predicted octanol–water partition coefficient (Wildman–Crippen LogP) is 3.65. The van der Waals surface area contributed by atoms with Crippen LogP contribution >= 0.6 is 11.8 Å². The molecule has 28 heavy (non-hydrogen) atoms. The van der Waals surface area contributed by atoms with E-state index in [4.69, 9.17) is 0 Å². The van der Waals surface area contributed by atoms with Crippen LogP contribution in [0.3, 0.4) is 0 Å². The van der Waals surface area contributed by atoms with E-state index in [0.717, 1.165) is 25.9 Å². The zero-order valence-electron chi connectivity index (χ0n) is 15.4. The topological polar surface area (TPSA) is 69.8 Å². The van der Waals surface area contributed by atoms with Crippen molar-refractivity contribution in [2.24, 2.45) is 0 Å². The molecule has 9 heteroatoms. The van der Waals surface area contributed by atoms with Gasteiger partial charge in [-0.25, -0.2) is 18.2 Å². The largest absolute Gasteiger partial charge is 0.382 e. The number of benzene rings is 1. The number of nitrogens with one attached hydrogen (secondary N) is 3. The van der Waals surface area contributed by atoms with Gasteiger partial charge in [0.15, 0.2) is 0 Å². The highest BCUT2D eigenvalue weighted by atomic mass is 32.2. The minimum Gasteiger partial charge on any atom is -0.382 e. The van der Waals surface area contributed by atoms with Gasteiger partial charge in [-0.05, 0) is 44.5 Å². The van der Waals surface area contributed by atoms with Crippen LogP contribution in [0.15, 0.2) is 16.9 Å². The summed E-state index contributed by atoms with van der Waals surface area (Å²) in [6.07, 6.45) is 2.02. The summed E-state index contributed by atoms with van der Waals surface area (Å²) in [4.78, 5) is 19.4. The third-order valence-electron chi connectivity index (χ3n) is 5.33. The highest BCUT2D eigenvalue weighted by Gasteiger charge is 2.39. The number of fused-ring (bicyclic) bond motifs is 1. The van der Waals surface area contributed by atoms with Gasteiger partial charge in [0.1, 0.15) is 17.0 Å². The van der Waals surface area contributed by atoms with Gasteiger partial charge in [0.25, 0.3) is 5.56 Å². The molecule has 1 atom stereocenters. The number of H-pyrrole nitrogens is 1. The number of aromatic nitrogens is 2. The molecule has 2 aromatic rings. The van der Waals surface area contributed by atoms with E-state index in [-0.39, 0.29) is 23.7 Å². The lowest BCUT2D eigenvalue weighted by molar-refractivity contribution is 0.00852. The summed E-state index contributed by atoms with van der Waals surface area (Å²) in [5.74, 6) is -2.33. The quantitative estimate of drug-likeness (QED) is 0.700. The monoisotopic (exact) mass is 412 g/mol. The average molecular weight is 412 g/mol. The molecule has 1 saturated heterocycles. The van der Waals surface area contributed by atoms with Crippen molar-refractivity contribution in [3.05, 3.63) is 34.1 Å². The van der Waals surface area contributed by atoms with Crippen LogP contribution in [0.4, 0.5) is 18.9 Å². The van der Waals surface area contributed by atoms with Crippen molar-refractivity contribution in [1.29, 1.82) is 0 Å². The molecular weight excluding hydrogens is 389 g/mol. The smallest absolute Gasteiger partial charge is 0.261 e. The molecule has 4 rings (SSSR count). The molecule has 1 unspecified atom stereocenters. The fourth-order valence-electron chi connectivity index (χ4n) is 3.89. The van der Waals surface area contributed by atoms with E-state index >= 15 is 0 Å². The fourth-order valence-corrected chi connectivity index (χ4v) is 4.99. The molecule has 152 valence electrons. The van der Waals surface area contributed by atoms with Crippen LogP contribution in [0.25, 0.3) is 10.9 Å². The van der Waals surface area contributed by atoms with Crippen LogP contribution in [0.2, 0.25) is 0 Å². The summed E-state index contributed by atoms with van der Waals surface area (Å²) in [7, 11) is 0. The molecule has 1 saturated carbocycles. The maximum atomic E-state index is 14.5. The molecule has 2 fully saturated rings. The van der Waals surface area contributed by atoms with Crippen molar-refractivity contribution in [3.8, 4) is 0 Å². The number of hydrogen-bond donors (Lipinski definition) is 3. The Kier molecular flexibility index (Phi) is 5.55. The molecule has 2 aliphatic rings. The summed E-state index contributed by atoms with van der Waals surface area (Å²) in [6, 6.07) is 2.34. The van der Waals surface area contributed by atoms with Crippen molar-refractivity contribution in [2.75, 3.05) is 18.4 Å². The second-order valence-corrected chi connectivity index (χ2v) is 8.85. The molecule has 0 radical (unpaired) electrons. The third kappa shape index (κ3) is 4.46. The standard InChI is InChI=1S/C19H23F3N4OS/c20-14-7-12(24-11-1-4-19(21,22)9-11)8-15-17(14)18(27)26-16(25-15)10-28-13-2-5-23-6-3-13/h7-8,11,13,23-24H,1-6,9-10H2,(H,25,26,27). The molecule has 1 aromatic carbocycles. The van der Waals surface area contributed by atoms with E-state index in [2.05, 4.69) is 20.6 Å². The van der Waals surface area contributed by atoms with Gasteiger partial charge in [0, 0.05) is 29.8 Å². The van der Waals surface area contributed by atoms with E-state index in [0.29, 0.717) is 28.9 Å². The highest BCUT2D eigenvalue weighted by molar-refractivity contribution is 7.99. The molecule has 0 bridgehead atoms. The van der Waals surface area contributed by atoms with Gasteiger partial charge in [-0.3, -0.25) is 4.79 Å². The maximum absolute atomic E-state index is 14.5.